The van der Waals surface area contributed by atoms with Gasteiger partial charge in [-0.25, -0.2) is 4.39 Å². The lowest BCUT2D eigenvalue weighted by molar-refractivity contribution is -0.122. The molecule has 1 amide bonds. The number of rotatable bonds is 4. The molecular formula is C23H19FN2O4. The smallest absolute Gasteiger partial charge is 0.251 e. The first kappa shape index (κ1) is 18.7. The zero-order valence-corrected chi connectivity index (χ0v) is 16.0. The molecule has 0 saturated carbocycles. The second-order valence-corrected chi connectivity index (χ2v) is 7.25. The quantitative estimate of drug-likeness (QED) is 0.643. The number of hydrogen-bond acceptors (Lipinski definition) is 5. The van der Waals surface area contributed by atoms with Crippen molar-refractivity contribution >= 4 is 11.6 Å². The molecule has 0 aromatic heterocycles. The number of nitrogens with one attached hydrogen (secondary N) is 1. The third-order valence-corrected chi connectivity index (χ3v) is 5.47. The van der Waals surface area contributed by atoms with E-state index in [9.17, 15) is 14.4 Å². The van der Waals surface area contributed by atoms with E-state index in [1.807, 2.05) is 48.5 Å². The van der Waals surface area contributed by atoms with Crippen LogP contribution in [0, 0.1) is 5.82 Å². The fourth-order valence-corrected chi connectivity index (χ4v) is 4.19. The van der Waals surface area contributed by atoms with E-state index < -0.39 is 11.9 Å². The molecule has 0 radical (unpaired) electrons. The molecule has 0 aliphatic carbocycles. The highest BCUT2D eigenvalue weighted by molar-refractivity contribution is 6.06. The van der Waals surface area contributed by atoms with Crippen molar-refractivity contribution in [1.82, 2.24) is 5.48 Å². The molecule has 0 saturated heterocycles. The van der Waals surface area contributed by atoms with Gasteiger partial charge in [0.05, 0.1) is 18.8 Å². The Balaban J connectivity index is 1.60. The van der Waals surface area contributed by atoms with Crippen LogP contribution in [0.3, 0.4) is 0 Å². The summed E-state index contributed by atoms with van der Waals surface area (Å²) in [5.41, 5.74) is 6.45. The van der Waals surface area contributed by atoms with Crippen LogP contribution in [-0.4, -0.2) is 17.9 Å². The zero-order chi connectivity index (χ0) is 20.7. The Hall–Kier alpha value is -3.26. The number of halogens is 1. The van der Waals surface area contributed by atoms with Crippen LogP contribution < -0.4 is 15.1 Å². The summed E-state index contributed by atoms with van der Waals surface area (Å²) in [5, 5.41) is 9.78. The maximum Gasteiger partial charge on any atom is 0.251 e. The van der Waals surface area contributed by atoms with Crippen LogP contribution in [0.5, 0.6) is 5.75 Å². The topological polar surface area (TPSA) is 71.0 Å². The van der Waals surface area contributed by atoms with Crippen LogP contribution >= 0.6 is 0 Å². The van der Waals surface area contributed by atoms with Gasteiger partial charge in [-0.3, -0.25) is 4.79 Å². The number of nitrogens with zero attached hydrogens (tertiary/aromatic N) is 1. The molecule has 152 valence electrons. The Morgan fingerprint density at radius 3 is 2.77 bits per heavy atom. The molecule has 7 heteroatoms. The monoisotopic (exact) mass is 406 g/mol. The van der Waals surface area contributed by atoms with Crippen LogP contribution in [-0.2, 0) is 22.7 Å². The van der Waals surface area contributed by atoms with Crippen LogP contribution in [0.2, 0.25) is 0 Å². The third kappa shape index (κ3) is 3.04. The second kappa shape index (κ2) is 7.53. The summed E-state index contributed by atoms with van der Waals surface area (Å²) in [6, 6.07) is 17.1. The average molecular weight is 406 g/mol. The summed E-state index contributed by atoms with van der Waals surface area (Å²) in [4.78, 5) is 14.7. The van der Waals surface area contributed by atoms with Gasteiger partial charge in [-0.1, -0.05) is 42.5 Å². The van der Waals surface area contributed by atoms with E-state index in [2.05, 4.69) is 5.48 Å². The van der Waals surface area contributed by atoms with Crippen molar-refractivity contribution in [2.75, 3.05) is 11.7 Å². The Kier molecular flexibility index (Phi) is 4.71. The van der Waals surface area contributed by atoms with Crippen molar-refractivity contribution in [2.45, 2.75) is 19.2 Å². The number of ether oxygens (including phenoxy) is 2. The molecular weight excluding hydrogens is 387 g/mol. The molecule has 2 N–H and O–H groups in total. The van der Waals surface area contributed by atoms with Crippen LogP contribution in [0.15, 0.2) is 60.7 Å². The second-order valence-electron chi connectivity index (χ2n) is 7.25. The molecule has 6 nitrogen and oxygen atoms in total. The third-order valence-electron chi connectivity index (χ3n) is 5.47. The first-order chi connectivity index (χ1) is 14.7. The van der Waals surface area contributed by atoms with Gasteiger partial charge in [-0.2, -0.15) is 5.48 Å². The fraction of sp³-hybridized carbons (Fsp3) is 0.174. The van der Waals surface area contributed by atoms with Gasteiger partial charge >= 0.3 is 0 Å². The molecule has 1 atom stereocenters. The highest BCUT2D eigenvalue weighted by Crippen LogP contribution is 2.43. The number of carbonyl (C=O) groups excluding carboxylic acids is 1. The van der Waals surface area contributed by atoms with E-state index in [0.717, 1.165) is 11.1 Å². The predicted molar refractivity (Wildman–Crippen MR) is 107 cm³/mol. The number of hydroxylamine groups is 1. The SMILES string of the molecule is O=C1C(NO)c2c(-c3ccccc3)cccc2N1Cc1cc(F)cc2c1OCOC2. The Morgan fingerprint density at radius 1 is 1.13 bits per heavy atom. The minimum Gasteiger partial charge on any atom is -0.467 e. The number of benzene rings is 3. The Morgan fingerprint density at radius 2 is 1.97 bits per heavy atom. The lowest BCUT2D eigenvalue weighted by Crippen LogP contribution is -2.33. The number of hydrogen-bond donors (Lipinski definition) is 2. The van der Waals surface area contributed by atoms with E-state index in [-0.39, 0.29) is 25.9 Å². The lowest BCUT2D eigenvalue weighted by atomic mass is 9.95. The fourth-order valence-electron chi connectivity index (χ4n) is 4.19. The van der Waals surface area contributed by atoms with Crippen LogP contribution in [0.1, 0.15) is 22.7 Å². The number of amides is 1. The van der Waals surface area contributed by atoms with Gasteiger partial charge in [0, 0.05) is 16.7 Å². The molecule has 2 aliphatic heterocycles. The molecule has 2 heterocycles. The maximum atomic E-state index is 14.2. The number of carbonyl (C=O) groups is 1. The van der Waals surface area contributed by atoms with E-state index in [4.69, 9.17) is 9.47 Å². The maximum absolute atomic E-state index is 14.2. The Bertz CT molecular complexity index is 1120. The van der Waals surface area contributed by atoms with Gasteiger partial charge in [-0.15, -0.1) is 0 Å². The summed E-state index contributed by atoms with van der Waals surface area (Å²) in [6.45, 7) is 0.446. The lowest BCUT2D eigenvalue weighted by Gasteiger charge is -2.24. The van der Waals surface area contributed by atoms with Gasteiger partial charge in [0.15, 0.2) is 6.79 Å². The van der Waals surface area contributed by atoms with Gasteiger partial charge in [0.25, 0.3) is 5.91 Å². The van der Waals surface area contributed by atoms with Gasteiger partial charge in [-0.05, 0) is 29.3 Å². The summed E-state index contributed by atoms with van der Waals surface area (Å²) in [5.74, 6) is -0.197. The van der Waals surface area contributed by atoms with Crippen LogP contribution in [0.4, 0.5) is 10.1 Å². The van der Waals surface area contributed by atoms with Crippen molar-refractivity contribution in [3.05, 3.63) is 83.2 Å². The molecule has 0 bridgehead atoms. The van der Waals surface area contributed by atoms with Crippen molar-refractivity contribution in [3.8, 4) is 16.9 Å². The van der Waals surface area contributed by atoms with Gasteiger partial charge in [0.2, 0.25) is 0 Å². The highest BCUT2D eigenvalue weighted by Gasteiger charge is 2.39. The Labute approximate surface area is 172 Å². The van der Waals surface area contributed by atoms with Gasteiger partial charge < -0.3 is 19.6 Å². The largest absolute Gasteiger partial charge is 0.467 e. The van der Waals surface area contributed by atoms with E-state index >= 15 is 0 Å². The summed E-state index contributed by atoms with van der Waals surface area (Å²) in [6.07, 6.45) is 0. The predicted octanol–water partition coefficient (Wildman–Crippen LogP) is 3.93. The summed E-state index contributed by atoms with van der Waals surface area (Å²) >= 11 is 0. The van der Waals surface area contributed by atoms with E-state index in [1.165, 1.54) is 12.1 Å². The van der Waals surface area contributed by atoms with E-state index in [0.29, 0.717) is 28.1 Å². The molecule has 3 aromatic carbocycles. The van der Waals surface area contributed by atoms with E-state index in [1.54, 1.807) is 4.90 Å². The van der Waals surface area contributed by atoms with Crippen molar-refractivity contribution in [3.63, 3.8) is 0 Å². The number of fused-ring (bicyclic) bond motifs is 2. The van der Waals surface area contributed by atoms with Gasteiger partial charge in [0.1, 0.15) is 17.6 Å². The molecule has 30 heavy (non-hydrogen) atoms. The van der Waals surface area contributed by atoms with Crippen LogP contribution in [0.25, 0.3) is 11.1 Å². The van der Waals surface area contributed by atoms with Crippen molar-refractivity contribution in [1.29, 1.82) is 0 Å². The van der Waals surface area contributed by atoms with Crippen molar-refractivity contribution in [2.24, 2.45) is 0 Å². The molecule has 0 fully saturated rings. The normalized spacial score (nSPS) is 17.5. The van der Waals surface area contributed by atoms with Crippen molar-refractivity contribution < 1.29 is 23.9 Å². The number of anilines is 1. The first-order valence-corrected chi connectivity index (χ1v) is 9.58. The molecule has 1 unspecified atom stereocenters. The minimum atomic E-state index is -0.912. The standard InChI is InChI=1S/C23H19FN2O4/c24-17-9-15(22-16(10-17)12-29-13-30-22)11-26-19-8-4-7-18(14-5-2-1-3-6-14)20(19)21(25-28)23(26)27/h1-10,21,25,28H,11-13H2. The summed E-state index contributed by atoms with van der Waals surface area (Å²) in [7, 11) is 0. The molecule has 3 aromatic rings. The molecule has 0 spiro atoms. The molecule has 2 aliphatic rings. The minimum absolute atomic E-state index is 0.0785. The zero-order valence-electron chi connectivity index (χ0n) is 16.0. The molecule has 5 rings (SSSR count). The highest BCUT2D eigenvalue weighted by atomic mass is 19.1. The summed E-state index contributed by atoms with van der Waals surface area (Å²) < 4.78 is 25.0. The first-order valence-electron chi connectivity index (χ1n) is 9.58. The average Bonchev–Trinajstić information content (AvgIpc) is 3.05.